The summed E-state index contributed by atoms with van der Waals surface area (Å²) in [4.78, 5) is 2.08. The second kappa shape index (κ2) is 4.19. The molecule has 1 N–H and O–H groups in total. The first-order valence-electron chi connectivity index (χ1n) is 6.63. The lowest BCUT2D eigenvalue weighted by Gasteiger charge is -2.42. The van der Waals surface area contributed by atoms with Gasteiger partial charge in [-0.05, 0) is 31.8 Å². The summed E-state index contributed by atoms with van der Waals surface area (Å²) in [6, 6.07) is 0. The highest BCUT2D eigenvalue weighted by Crippen LogP contribution is 2.41. The Kier molecular flexibility index (Phi) is 2.77. The molecule has 1 aliphatic carbocycles. The van der Waals surface area contributed by atoms with E-state index in [1.54, 1.807) is 0 Å². The fourth-order valence-electron chi connectivity index (χ4n) is 3.36. The van der Waals surface area contributed by atoms with Crippen molar-refractivity contribution in [3.8, 4) is 0 Å². The van der Waals surface area contributed by atoms with Crippen LogP contribution >= 0.6 is 0 Å². The van der Waals surface area contributed by atoms with Crippen LogP contribution in [0.25, 0.3) is 12.2 Å². The first-order chi connectivity index (χ1) is 8.58. The van der Waals surface area contributed by atoms with Gasteiger partial charge in [0.2, 0.25) is 0 Å². The Balaban J connectivity index is 1.92. The lowest BCUT2D eigenvalue weighted by Crippen LogP contribution is -2.47. The molecule has 3 rings (SSSR count). The summed E-state index contributed by atoms with van der Waals surface area (Å²) >= 11 is 0. The fraction of sp³-hybridized carbons (Fsp3) is 0.643. The van der Waals surface area contributed by atoms with E-state index in [0.29, 0.717) is 6.54 Å². The first-order valence-corrected chi connectivity index (χ1v) is 6.63. The zero-order valence-corrected chi connectivity index (χ0v) is 11.0. The second-order valence-corrected chi connectivity index (χ2v) is 5.97. The summed E-state index contributed by atoms with van der Waals surface area (Å²) in [5.41, 5.74) is -0.0831. The molecular formula is C14H20FN3. The minimum atomic E-state index is -0.733. The maximum atomic E-state index is 14.3. The molecule has 1 aliphatic heterocycles. The van der Waals surface area contributed by atoms with E-state index < -0.39 is 6.17 Å². The lowest BCUT2D eigenvalue weighted by atomic mass is 9.68. The number of nitrogens with one attached hydrogen (secondary N) is 1. The summed E-state index contributed by atoms with van der Waals surface area (Å²) in [7, 11) is 1.99. The number of H-pyrrole nitrogens is 1. The van der Waals surface area contributed by atoms with Gasteiger partial charge in [0.25, 0.3) is 0 Å². The van der Waals surface area contributed by atoms with E-state index in [0.717, 1.165) is 30.0 Å². The number of rotatable bonds is 1. The Morgan fingerprint density at radius 1 is 1.56 bits per heavy atom. The quantitative estimate of drug-likeness (QED) is 0.793. The molecule has 0 aromatic carbocycles. The van der Waals surface area contributed by atoms with Gasteiger partial charge in [0.1, 0.15) is 6.17 Å². The number of hydrogen-bond donors (Lipinski definition) is 1. The number of alkyl halides is 1. The molecular weight excluding hydrogens is 229 g/mol. The van der Waals surface area contributed by atoms with Crippen LogP contribution in [-0.2, 0) is 0 Å². The molecule has 98 valence electrons. The van der Waals surface area contributed by atoms with E-state index in [2.05, 4.69) is 34.2 Å². The standard InChI is InChI=1S/C14H20FN3/c1-14(11-4-6-18(2)9-12(11)15)5-3-10-8-16-17-13(10)7-14/h3,7-8,11-12,17H,4-6,9H2,1-2H3. The second-order valence-electron chi connectivity index (χ2n) is 5.97. The van der Waals surface area contributed by atoms with E-state index >= 15 is 0 Å². The topological polar surface area (TPSA) is 31.9 Å². The minimum Gasteiger partial charge on any atom is -0.303 e. The minimum absolute atomic E-state index is 0.0831. The van der Waals surface area contributed by atoms with Crippen LogP contribution < -0.4 is 10.6 Å². The molecule has 2 aliphatic rings. The van der Waals surface area contributed by atoms with Crippen molar-refractivity contribution in [2.24, 2.45) is 11.3 Å². The van der Waals surface area contributed by atoms with Gasteiger partial charge in [0, 0.05) is 17.7 Å². The largest absolute Gasteiger partial charge is 0.303 e. The Morgan fingerprint density at radius 3 is 3.17 bits per heavy atom. The van der Waals surface area contributed by atoms with Gasteiger partial charge in [0.15, 0.2) is 0 Å². The fourth-order valence-corrected chi connectivity index (χ4v) is 3.36. The van der Waals surface area contributed by atoms with Gasteiger partial charge >= 0.3 is 0 Å². The van der Waals surface area contributed by atoms with Gasteiger partial charge in [-0.15, -0.1) is 0 Å². The van der Waals surface area contributed by atoms with Crippen molar-refractivity contribution in [1.29, 1.82) is 0 Å². The van der Waals surface area contributed by atoms with Gasteiger partial charge in [-0.3, -0.25) is 5.10 Å². The molecule has 3 atom stereocenters. The van der Waals surface area contributed by atoms with Gasteiger partial charge in [-0.1, -0.05) is 19.1 Å². The van der Waals surface area contributed by atoms with Crippen molar-refractivity contribution in [2.45, 2.75) is 25.9 Å². The normalized spacial score (nSPS) is 36.6. The van der Waals surface area contributed by atoms with Crippen LogP contribution in [0.3, 0.4) is 0 Å². The summed E-state index contributed by atoms with van der Waals surface area (Å²) < 4.78 is 14.3. The Bertz CT molecular complexity index is 550. The summed E-state index contributed by atoms with van der Waals surface area (Å²) in [6.07, 6.45) is 7.33. The molecule has 0 amide bonds. The predicted molar refractivity (Wildman–Crippen MR) is 70.0 cm³/mol. The molecule has 0 saturated carbocycles. The molecule has 1 saturated heterocycles. The van der Waals surface area contributed by atoms with Gasteiger partial charge in [-0.2, -0.15) is 5.10 Å². The number of nitrogens with zero attached hydrogens (tertiary/aromatic N) is 2. The number of aromatic amines is 1. The van der Waals surface area contributed by atoms with E-state index in [-0.39, 0.29) is 11.3 Å². The van der Waals surface area contributed by atoms with Crippen molar-refractivity contribution >= 4 is 12.2 Å². The van der Waals surface area contributed by atoms with Crippen LogP contribution in [0.2, 0.25) is 0 Å². The van der Waals surface area contributed by atoms with Crippen LogP contribution in [0.1, 0.15) is 19.8 Å². The van der Waals surface area contributed by atoms with Crippen LogP contribution in [-0.4, -0.2) is 41.4 Å². The number of likely N-dealkylation sites (tertiary alicyclic amines) is 1. The molecule has 2 heterocycles. The molecule has 4 heteroatoms. The van der Waals surface area contributed by atoms with Crippen molar-refractivity contribution in [2.75, 3.05) is 20.1 Å². The van der Waals surface area contributed by atoms with Crippen molar-refractivity contribution in [3.63, 3.8) is 0 Å². The zero-order chi connectivity index (χ0) is 12.8. The van der Waals surface area contributed by atoms with Crippen LogP contribution in [0, 0.1) is 11.3 Å². The van der Waals surface area contributed by atoms with E-state index in [1.165, 1.54) is 0 Å². The molecule has 0 spiro atoms. The lowest BCUT2D eigenvalue weighted by molar-refractivity contribution is 0.0502. The Labute approximate surface area is 106 Å². The molecule has 1 aromatic rings. The third-order valence-corrected chi connectivity index (χ3v) is 4.53. The molecule has 18 heavy (non-hydrogen) atoms. The average molecular weight is 249 g/mol. The highest BCUT2D eigenvalue weighted by Gasteiger charge is 2.40. The van der Waals surface area contributed by atoms with E-state index in [9.17, 15) is 4.39 Å². The molecule has 3 unspecified atom stereocenters. The summed E-state index contributed by atoms with van der Waals surface area (Å²) in [5, 5.41) is 9.26. The number of fused-ring (bicyclic) bond motifs is 1. The average Bonchev–Trinajstić information content (AvgIpc) is 2.75. The van der Waals surface area contributed by atoms with Gasteiger partial charge in [-0.25, -0.2) is 4.39 Å². The van der Waals surface area contributed by atoms with Gasteiger partial charge in [0.05, 0.1) is 11.5 Å². The smallest absolute Gasteiger partial charge is 0.116 e. The maximum absolute atomic E-state index is 14.3. The molecule has 1 fully saturated rings. The number of halogens is 1. The highest BCUT2D eigenvalue weighted by atomic mass is 19.1. The number of aromatic nitrogens is 2. The predicted octanol–water partition coefficient (Wildman–Crippen LogP) is 0.670. The SMILES string of the molecule is CN1CCC(C2(C)C=c3[nH]ncc3=CC2)C(F)C1. The van der Waals surface area contributed by atoms with Crippen molar-refractivity contribution in [3.05, 3.63) is 16.8 Å². The molecule has 3 nitrogen and oxygen atoms in total. The number of piperidine rings is 1. The first kappa shape index (κ1) is 11.9. The van der Waals surface area contributed by atoms with Crippen molar-refractivity contribution < 1.29 is 4.39 Å². The van der Waals surface area contributed by atoms with Crippen LogP contribution in [0.15, 0.2) is 6.20 Å². The third kappa shape index (κ3) is 1.88. The summed E-state index contributed by atoms with van der Waals surface area (Å²) in [6.45, 7) is 3.73. The molecule has 0 radical (unpaired) electrons. The maximum Gasteiger partial charge on any atom is 0.116 e. The molecule has 0 bridgehead atoms. The third-order valence-electron chi connectivity index (χ3n) is 4.53. The van der Waals surface area contributed by atoms with E-state index in [1.807, 2.05) is 13.2 Å². The highest BCUT2D eigenvalue weighted by molar-refractivity contribution is 5.42. The van der Waals surface area contributed by atoms with E-state index in [4.69, 9.17) is 0 Å². The molecule has 1 aromatic heterocycles. The van der Waals surface area contributed by atoms with Crippen LogP contribution in [0.4, 0.5) is 4.39 Å². The van der Waals surface area contributed by atoms with Crippen molar-refractivity contribution in [1.82, 2.24) is 15.1 Å². The van der Waals surface area contributed by atoms with Crippen LogP contribution in [0.5, 0.6) is 0 Å². The monoisotopic (exact) mass is 249 g/mol. The Hall–Kier alpha value is -1.16. The summed E-state index contributed by atoms with van der Waals surface area (Å²) in [5.74, 6) is 0.112. The zero-order valence-electron chi connectivity index (χ0n) is 11.0. The Morgan fingerprint density at radius 2 is 2.39 bits per heavy atom. The number of hydrogen-bond acceptors (Lipinski definition) is 2. The van der Waals surface area contributed by atoms with Gasteiger partial charge < -0.3 is 4.90 Å².